The standard InChI is InChI=1S/C8H8N2O3S/c11-6(4-3-5(4)7(12)13)10-8-9-1-2-14-8/h1-2,4-5H,3H2,(H,12,13)(H,9,10,11). The van der Waals surface area contributed by atoms with E-state index in [0.29, 0.717) is 11.6 Å². The first-order chi connectivity index (χ1) is 6.68. The first kappa shape index (κ1) is 9.14. The molecule has 0 spiro atoms. The highest BCUT2D eigenvalue weighted by Gasteiger charge is 2.48. The second-order valence-corrected chi connectivity index (χ2v) is 4.01. The summed E-state index contributed by atoms with van der Waals surface area (Å²) >= 11 is 1.32. The van der Waals surface area contributed by atoms with Crippen molar-refractivity contribution in [3.8, 4) is 0 Å². The Morgan fingerprint density at radius 1 is 1.57 bits per heavy atom. The maximum atomic E-state index is 11.4. The number of carbonyl (C=O) groups is 2. The number of anilines is 1. The minimum Gasteiger partial charge on any atom is -0.481 e. The molecule has 1 aliphatic carbocycles. The number of nitrogens with zero attached hydrogens (tertiary/aromatic N) is 1. The van der Waals surface area contributed by atoms with Crippen LogP contribution in [0.4, 0.5) is 5.13 Å². The van der Waals surface area contributed by atoms with E-state index in [-0.39, 0.29) is 11.8 Å². The van der Waals surface area contributed by atoms with Crippen LogP contribution in [0, 0.1) is 11.8 Å². The molecule has 2 N–H and O–H groups in total. The summed E-state index contributed by atoms with van der Waals surface area (Å²) in [7, 11) is 0. The highest BCUT2D eigenvalue weighted by molar-refractivity contribution is 7.13. The molecule has 1 aromatic heterocycles. The van der Waals surface area contributed by atoms with Gasteiger partial charge in [-0.15, -0.1) is 11.3 Å². The first-order valence-corrected chi connectivity index (χ1v) is 4.99. The summed E-state index contributed by atoms with van der Waals surface area (Å²) in [5.41, 5.74) is 0. The maximum absolute atomic E-state index is 11.4. The molecule has 1 saturated carbocycles. The summed E-state index contributed by atoms with van der Waals surface area (Å²) in [4.78, 5) is 25.7. The minimum absolute atomic E-state index is 0.243. The number of hydrogen-bond acceptors (Lipinski definition) is 4. The molecule has 1 aromatic rings. The molecule has 2 atom stereocenters. The van der Waals surface area contributed by atoms with E-state index in [1.54, 1.807) is 11.6 Å². The average Bonchev–Trinajstić information content (AvgIpc) is 2.80. The van der Waals surface area contributed by atoms with E-state index in [2.05, 4.69) is 10.3 Å². The van der Waals surface area contributed by atoms with Crippen molar-refractivity contribution in [2.75, 3.05) is 5.32 Å². The second kappa shape index (κ2) is 3.38. The third-order valence-electron chi connectivity index (χ3n) is 2.11. The van der Waals surface area contributed by atoms with Crippen molar-refractivity contribution in [3.63, 3.8) is 0 Å². The summed E-state index contributed by atoms with van der Waals surface area (Å²) in [6, 6.07) is 0. The van der Waals surface area contributed by atoms with Gasteiger partial charge in [0.15, 0.2) is 5.13 Å². The molecule has 1 amide bonds. The zero-order valence-corrected chi connectivity index (χ0v) is 7.95. The summed E-state index contributed by atoms with van der Waals surface area (Å²) in [5, 5.41) is 13.4. The Morgan fingerprint density at radius 3 is 2.86 bits per heavy atom. The van der Waals surface area contributed by atoms with E-state index in [9.17, 15) is 9.59 Å². The van der Waals surface area contributed by atoms with Gasteiger partial charge in [0.05, 0.1) is 11.8 Å². The average molecular weight is 212 g/mol. The normalized spacial score (nSPS) is 24.3. The molecule has 0 bridgehead atoms. The lowest BCUT2D eigenvalue weighted by atomic mass is 10.3. The van der Waals surface area contributed by atoms with Crippen LogP contribution in [0.5, 0.6) is 0 Å². The molecule has 0 saturated heterocycles. The molecule has 2 rings (SSSR count). The summed E-state index contributed by atoms with van der Waals surface area (Å²) in [6.07, 6.45) is 2.02. The molecular weight excluding hydrogens is 204 g/mol. The molecule has 0 radical (unpaired) electrons. The Labute approximate surface area is 83.8 Å². The maximum Gasteiger partial charge on any atom is 0.307 e. The Morgan fingerprint density at radius 2 is 2.36 bits per heavy atom. The lowest BCUT2D eigenvalue weighted by Crippen LogP contribution is -2.16. The molecule has 6 heteroatoms. The van der Waals surface area contributed by atoms with Gasteiger partial charge in [-0.1, -0.05) is 0 Å². The second-order valence-electron chi connectivity index (χ2n) is 3.11. The van der Waals surface area contributed by atoms with E-state index >= 15 is 0 Å². The van der Waals surface area contributed by atoms with E-state index in [1.807, 2.05) is 0 Å². The van der Waals surface area contributed by atoms with Crippen LogP contribution in [0.15, 0.2) is 11.6 Å². The van der Waals surface area contributed by atoms with Crippen molar-refractivity contribution >= 4 is 28.3 Å². The zero-order valence-electron chi connectivity index (χ0n) is 7.14. The predicted molar refractivity (Wildman–Crippen MR) is 50.0 cm³/mol. The Hall–Kier alpha value is -1.43. The molecule has 0 aromatic carbocycles. The highest BCUT2D eigenvalue weighted by atomic mass is 32.1. The van der Waals surface area contributed by atoms with E-state index in [1.165, 1.54) is 11.3 Å². The summed E-state index contributed by atoms with van der Waals surface area (Å²) in [6.45, 7) is 0. The highest BCUT2D eigenvalue weighted by Crippen LogP contribution is 2.39. The zero-order chi connectivity index (χ0) is 10.1. The van der Waals surface area contributed by atoms with Gasteiger partial charge in [0, 0.05) is 11.6 Å². The summed E-state index contributed by atoms with van der Waals surface area (Å²) < 4.78 is 0. The van der Waals surface area contributed by atoms with Gasteiger partial charge in [0.1, 0.15) is 0 Å². The molecule has 14 heavy (non-hydrogen) atoms. The van der Waals surface area contributed by atoms with Crippen molar-refractivity contribution in [2.45, 2.75) is 6.42 Å². The van der Waals surface area contributed by atoms with Crippen LogP contribution in [-0.4, -0.2) is 22.0 Å². The fourth-order valence-electron chi connectivity index (χ4n) is 1.24. The van der Waals surface area contributed by atoms with Gasteiger partial charge in [0.2, 0.25) is 5.91 Å². The number of rotatable bonds is 3. The largest absolute Gasteiger partial charge is 0.481 e. The number of hydrogen-bond donors (Lipinski definition) is 2. The summed E-state index contributed by atoms with van der Waals surface area (Å²) in [5.74, 6) is -2.02. The van der Waals surface area contributed by atoms with E-state index in [4.69, 9.17) is 5.11 Å². The van der Waals surface area contributed by atoms with Gasteiger partial charge < -0.3 is 10.4 Å². The fraction of sp³-hybridized carbons (Fsp3) is 0.375. The lowest BCUT2D eigenvalue weighted by molar-refractivity contribution is -0.139. The first-order valence-electron chi connectivity index (χ1n) is 4.11. The molecule has 1 aliphatic rings. The van der Waals surface area contributed by atoms with Crippen molar-refractivity contribution < 1.29 is 14.7 Å². The third-order valence-corrected chi connectivity index (χ3v) is 2.80. The van der Waals surface area contributed by atoms with Crippen LogP contribution in [0.3, 0.4) is 0 Å². The molecule has 0 aliphatic heterocycles. The SMILES string of the molecule is O=C(O)C1CC1C(=O)Nc1nccs1. The van der Waals surface area contributed by atoms with Crippen molar-refractivity contribution in [2.24, 2.45) is 11.8 Å². The van der Waals surface area contributed by atoms with Crippen LogP contribution in [0.25, 0.3) is 0 Å². The Bertz CT molecular complexity index is 363. The van der Waals surface area contributed by atoms with E-state index < -0.39 is 11.9 Å². The topological polar surface area (TPSA) is 79.3 Å². The quantitative estimate of drug-likeness (QED) is 0.776. The van der Waals surface area contributed by atoms with E-state index in [0.717, 1.165) is 0 Å². The molecule has 5 nitrogen and oxygen atoms in total. The number of thiazole rings is 1. The van der Waals surface area contributed by atoms with Gasteiger partial charge in [-0.05, 0) is 6.42 Å². The Kier molecular flexibility index (Phi) is 2.20. The number of carboxylic acid groups (broad SMARTS) is 1. The molecule has 1 heterocycles. The number of aliphatic carboxylic acids is 1. The van der Waals surface area contributed by atoms with Crippen LogP contribution in [0.1, 0.15) is 6.42 Å². The molecule has 2 unspecified atom stereocenters. The van der Waals surface area contributed by atoms with Crippen LogP contribution in [-0.2, 0) is 9.59 Å². The Balaban J connectivity index is 1.90. The number of carboxylic acids is 1. The van der Waals surface area contributed by atoms with Crippen molar-refractivity contribution in [1.82, 2.24) is 4.98 Å². The van der Waals surface area contributed by atoms with Crippen LogP contribution in [0.2, 0.25) is 0 Å². The number of amides is 1. The van der Waals surface area contributed by atoms with Gasteiger partial charge in [-0.3, -0.25) is 9.59 Å². The molecule has 74 valence electrons. The van der Waals surface area contributed by atoms with Crippen molar-refractivity contribution in [1.29, 1.82) is 0 Å². The fourth-order valence-corrected chi connectivity index (χ4v) is 1.77. The van der Waals surface area contributed by atoms with Gasteiger partial charge in [-0.2, -0.15) is 0 Å². The molecule has 1 fully saturated rings. The van der Waals surface area contributed by atoms with Crippen molar-refractivity contribution in [3.05, 3.63) is 11.6 Å². The van der Waals surface area contributed by atoms with Crippen LogP contribution >= 0.6 is 11.3 Å². The lowest BCUT2D eigenvalue weighted by Gasteiger charge is -1.98. The van der Waals surface area contributed by atoms with Crippen LogP contribution < -0.4 is 5.32 Å². The molecular formula is C8H8N2O3S. The smallest absolute Gasteiger partial charge is 0.307 e. The minimum atomic E-state index is -0.899. The number of carbonyl (C=O) groups excluding carboxylic acids is 1. The van der Waals surface area contributed by atoms with Gasteiger partial charge >= 0.3 is 5.97 Å². The van der Waals surface area contributed by atoms with Gasteiger partial charge in [-0.25, -0.2) is 4.98 Å². The third kappa shape index (κ3) is 1.74. The number of aromatic nitrogens is 1. The predicted octanol–water partition coefficient (Wildman–Crippen LogP) is 0.802. The monoisotopic (exact) mass is 212 g/mol. The van der Waals surface area contributed by atoms with Gasteiger partial charge in [0.25, 0.3) is 0 Å². The number of nitrogens with one attached hydrogen (secondary N) is 1.